The average Bonchev–Trinajstić information content (AvgIpc) is 3.07. The maximum absolute atomic E-state index is 14.0. The molecule has 0 unspecified atom stereocenters. The lowest BCUT2D eigenvalue weighted by Crippen LogP contribution is -2.56. The number of ether oxygens (including phenoxy) is 1. The Bertz CT molecular complexity index is 1400. The maximum atomic E-state index is 14.0. The van der Waals surface area contributed by atoms with Crippen molar-refractivity contribution in [2.24, 2.45) is 0 Å². The van der Waals surface area contributed by atoms with Gasteiger partial charge in [-0.2, -0.15) is 0 Å². The average molecular weight is 517 g/mol. The summed E-state index contributed by atoms with van der Waals surface area (Å²) in [5.41, 5.74) is 2.45. The van der Waals surface area contributed by atoms with Crippen molar-refractivity contribution in [3.8, 4) is 17.6 Å². The number of likely N-dealkylation sites (N-methyl/N-ethyl adjacent to an activating group) is 1. The number of carbonyl (C=O) groups excluding carboxylic acids is 1. The fourth-order valence-corrected chi connectivity index (χ4v) is 4.98. The van der Waals surface area contributed by atoms with Gasteiger partial charge >= 0.3 is 0 Å². The van der Waals surface area contributed by atoms with E-state index in [1.807, 2.05) is 72.8 Å². The molecule has 1 aliphatic rings. The second-order valence-corrected chi connectivity index (χ2v) is 10.2. The van der Waals surface area contributed by atoms with Crippen molar-refractivity contribution in [3.63, 3.8) is 0 Å². The van der Waals surface area contributed by atoms with E-state index < -0.39 is 17.2 Å². The number of aliphatic hydroxyl groups is 1. The molecule has 1 heterocycles. The van der Waals surface area contributed by atoms with Crippen LogP contribution in [-0.2, 0) is 10.3 Å². The number of nitrogens with zero attached hydrogens (tertiary/aromatic N) is 1. The first-order valence-corrected chi connectivity index (χ1v) is 13.0. The maximum Gasteiger partial charge on any atom is 0.247 e. The predicted molar refractivity (Wildman–Crippen MR) is 155 cm³/mol. The molecule has 1 aliphatic heterocycles. The van der Waals surface area contributed by atoms with E-state index in [-0.39, 0.29) is 12.5 Å². The zero-order valence-electron chi connectivity index (χ0n) is 22.4. The zero-order chi connectivity index (χ0) is 27.5. The smallest absolute Gasteiger partial charge is 0.247 e. The van der Waals surface area contributed by atoms with E-state index in [1.54, 1.807) is 25.8 Å². The SMILES string of the molecule is CN1C(=O)[C@@H](NC(c2ccccc2)(c2ccccc2)c2ccccc2)COc2ccc(C#CC(C)(C)O)cc21. The standard InChI is InChI=1S/C34H32N2O3/c1-33(2,38)22-21-25-19-20-31-30(23-25)36(3)32(37)29(24-39-31)35-34(26-13-7-4-8-14-26,27-15-9-5-10-16-27)28-17-11-6-12-18-28/h4-20,23,29,35,38H,24H2,1-3H3/t29-/m0/s1. The summed E-state index contributed by atoms with van der Waals surface area (Å²) in [6.45, 7) is 3.42. The van der Waals surface area contributed by atoms with Gasteiger partial charge in [0.05, 0.1) is 11.2 Å². The summed E-state index contributed by atoms with van der Waals surface area (Å²) in [6.07, 6.45) is 0. The van der Waals surface area contributed by atoms with Gasteiger partial charge in [-0.15, -0.1) is 0 Å². The molecule has 1 atom stereocenters. The van der Waals surface area contributed by atoms with Gasteiger partial charge in [0.25, 0.3) is 0 Å². The van der Waals surface area contributed by atoms with Crippen molar-refractivity contribution in [1.29, 1.82) is 0 Å². The fraction of sp³-hybridized carbons (Fsp3) is 0.206. The number of amides is 1. The van der Waals surface area contributed by atoms with Crippen LogP contribution in [0.25, 0.3) is 0 Å². The Kier molecular flexibility index (Phi) is 7.26. The summed E-state index contributed by atoms with van der Waals surface area (Å²) < 4.78 is 6.23. The van der Waals surface area contributed by atoms with E-state index in [9.17, 15) is 9.90 Å². The highest BCUT2D eigenvalue weighted by Gasteiger charge is 2.41. The van der Waals surface area contributed by atoms with Crippen molar-refractivity contribution < 1.29 is 14.6 Å². The van der Waals surface area contributed by atoms with E-state index in [0.717, 1.165) is 16.7 Å². The molecule has 0 radical (unpaired) electrons. The summed E-state index contributed by atoms with van der Waals surface area (Å²) in [4.78, 5) is 15.6. The van der Waals surface area contributed by atoms with Crippen LogP contribution in [0.5, 0.6) is 5.75 Å². The number of nitrogens with one attached hydrogen (secondary N) is 1. The molecule has 0 saturated heterocycles. The molecule has 0 saturated carbocycles. The van der Waals surface area contributed by atoms with Crippen molar-refractivity contribution in [2.45, 2.75) is 31.0 Å². The summed E-state index contributed by atoms with van der Waals surface area (Å²) in [5.74, 6) is 6.31. The second kappa shape index (κ2) is 10.8. The van der Waals surface area contributed by atoms with Gasteiger partial charge in [-0.3, -0.25) is 10.1 Å². The molecule has 4 aromatic rings. The molecule has 0 aromatic heterocycles. The highest BCUT2D eigenvalue weighted by atomic mass is 16.5. The Hall–Kier alpha value is -4.37. The van der Waals surface area contributed by atoms with Crippen LogP contribution in [0.15, 0.2) is 109 Å². The third kappa shape index (κ3) is 5.44. The fourth-order valence-electron chi connectivity index (χ4n) is 4.98. The van der Waals surface area contributed by atoms with E-state index in [2.05, 4.69) is 53.6 Å². The molecule has 0 bridgehead atoms. The first-order valence-electron chi connectivity index (χ1n) is 13.0. The second-order valence-electron chi connectivity index (χ2n) is 10.2. The molecular weight excluding hydrogens is 484 g/mol. The molecule has 5 nitrogen and oxygen atoms in total. The molecule has 5 rings (SSSR count). The topological polar surface area (TPSA) is 61.8 Å². The van der Waals surface area contributed by atoms with E-state index >= 15 is 0 Å². The molecule has 196 valence electrons. The van der Waals surface area contributed by atoms with Crippen LogP contribution >= 0.6 is 0 Å². The Morgan fingerprint density at radius 2 is 1.36 bits per heavy atom. The molecule has 0 fully saturated rings. The van der Waals surface area contributed by atoms with E-state index in [1.165, 1.54) is 0 Å². The molecule has 5 heteroatoms. The molecular formula is C34H32N2O3. The van der Waals surface area contributed by atoms with Crippen LogP contribution < -0.4 is 15.0 Å². The van der Waals surface area contributed by atoms with E-state index in [0.29, 0.717) is 17.0 Å². The minimum Gasteiger partial charge on any atom is -0.489 e. The number of anilines is 1. The van der Waals surface area contributed by atoms with Gasteiger partial charge in [-0.05, 0) is 48.7 Å². The number of carbonyl (C=O) groups is 1. The Morgan fingerprint density at radius 1 is 0.846 bits per heavy atom. The molecule has 0 aliphatic carbocycles. The quantitative estimate of drug-likeness (QED) is 0.286. The Morgan fingerprint density at radius 3 is 1.85 bits per heavy atom. The van der Waals surface area contributed by atoms with Gasteiger partial charge in [0.2, 0.25) is 5.91 Å². The minimum absolute atomic E-state index is 0.117. The van der Waals surface area contributed by atoms with Crippen molar-refractivity contribution >= 4 is 11.6 Å². The van der Waals surface area contributed by atoms with Crippen LogP contribution in [0.4, 0.5) is 5.69 Å². The van der Waals surface area contributed by atoms with Crippen molar-refractivity contribution in [2.75, 3.05) is 18.6 Å². The number of hydrogen-bond acceptors (Lipinski definition) is 4. The number of benzene rings is 4. The van der Waals surface area contributed by atoms with Gasteiger partial charge in [-0.1, -0.05) is 103 Å². The van der Waals surface area contributed by atoms with Crippen molar-refractivity contribution in [3.05, 3.63) is 131 Å². The lowest BCUT2D eigenvalue weighted by molar-refractivity contribution is -0.121. The Labute approximate surface area is 230 Å². The minimum atomic E-state index is -1.12. The highest BCUT2D eigenvalue weighted by Crippen LogP contribution is 2.38. The normalized spacial score (nSPS) is 15.4. The third-order valence-corrected chi connectivity index (χ3v) is 6.88. The number of rotatable bonds is 5. The Balaban J connectivity index is 1.58. The van der Waals surface area contributed by atoms with Crippen molar-refractivity contribution in [1.82, 2.24) is 5.32 Å². The highest BCUT2D eigenvalue weighted by molar-refractivity contribution is 5.99. The summed E-state index contributed by atoms with van der Waals surface area (Å²) >= 11 is 0. The number of hydrogen-bond donors (Lipinski definition) is 2. The van der Waals surface area contributed by atoms with E-state index in [4.69, 9.17) is 4.74 Å². The largest absolute Gasteiger partial charge is 0.489 e. The summed E-state index contributed by atoms with van der Waals surface area (Å²) in [6, 6.07) is 35.4. The van der Waals surface area contributed by atoms with Crippen LogP contribution in [-0.4, -0.2) is 36.3 Å². The van der Waals surface area contributed by atoms with Gasteiger partial charge in [0.15, 0.2) is 0 Å². The zero-order valence-corrected chi connectivity index (χ0v) is 22.4. The van der Waals surface area contributed by atoms with Gasteiger partial charge in [0.1, 0.15) is 24.0 Å². The van der Waals surface area contributed by atoms with Gasteiger partial charge < -0.3 is 14.7 Å². The van der Waals surface area contributed by atoms with Crippen LogP contribution in [0.3, 0.4) is 0 Å². The van der Waals surface area contributed by atoms with Crippen LogP contribution in [0.1, 0.15) is 36.1 Å². The molecule has 0 spiro atoms. The third-order valence-electron chi connectivity index (χ3n) is 6.88. The first-order chi connectivity index (χ1) is 18.8. The van der Waals surface area contributed by atoms with Gasteiger partial charge in [-0.25, -0.2) is 0 Å². The number of fused-ring (bicyclic) bond motifs is 1. The molecule has 39 heavy (non-hydrogen) atoms. The van der Waals surface area contributed by atoms with Crippen LogP contribution in [0.2, 0.25) is 0 Å². The lowest BCUT2D eigenvalue weighted by Gasteiger charge is -2.39. The first kappa shape index (κ1) is 26.2. The molecule has 2 N–H and O–H groups in total. The molecule has 4 aromatic carbocycles. The lowest BCUT2D eigenvalue weighted by atomic mass is 9.76. The van der Waals surface area contributed by atoms with Gasteiger partial charge in [0, 0.05) is 12.6 Å². The predicted octanol–water partition coefficient (Wildman–Crippen LogP) is 5.11. The monoisotopic (exact) mass is 516 g/mol. The van der Waals surface area contributed by atoms with Crippen LogP contribution in [0, 0.1) is 11.8 Å². The summed E-state index contributed by atoms with van der Waals surface area (Å²) in [5, 5.41) is 13.8. The molecule has 1 amide bonds. The summed E-state index contributed by atoms with van der Waals surface area (Å²) in [7, 11) is 1.76.